The van der Waals surface area contributed by atoms with Gasteiger partial charge in [-0.05, 0) is 51.0 Å². The molecule has 3 saturated carbocycles. The van der Waals surface area contributed by atoms with Crippen LogP contribution in [0.2, 0.25) is 0 Å². The molecule has 30 heavy (non-hydrogen) atoms. The van der Waals surface area contributed by atoms with E-state index < -0.39 is 40.7 Å². The van der Waals surface area contributed by atoms with Gasteiger partial charge in [0, 0.05) is 24.2 Å². The Hall–Kier alpha value is -1.08. The molecular formula is C24H32O6. The summed E-state index contributed by atoms with van der Waals surface area (Å²) in [6.45, 7) is 14.0. The fourth-order valence-corrected chi connectivity index (χ4v) is 8.78. The van der Waals surface area contributed by atoms with Gasteiger partial charge in [-0.3, -0.25) is 9.59 Å². The van der Waals surface area contributed by atoms with Crippen molar-refractivity contribution in [3.8, 4) is 0 Å². The van der Waals surface area contributed by atoms with Gasteiger partial charge in [-0.25, -0.2) is 0 Å². The molecule has 9 atom stereocenters. The number of aliphatic hydroxyl groups is 1. The van der Waals surface area contributed by atoms with Crippen LogP contribution in [-0.2, 0) is 23.8 Å². The van der Waals surface area contributed by atoms with E-state index in [1.807, 2.05) is 20.8 Å². The Kier molecular flexibility index (Phi) is 3.34. The van der Waals surface area contributed by atoms with E-state index >= 15 is 0 Å². The molecule has 0 aromatic carbocycles. The molecule has 6 heteroatoms. The fourth-order valence-electron chi connectivity index (χ4n) is 8.78. The molecule has 4 bridgehead atoms. The molecule has 1 N–H and O–H groups in total. The maximum atomic E-state index is 13.9. The van der Waals surface area contributed by atoms with E-state index in [1.54, 1.807) is 0 Å². The van der Waals surface area contributed by atoms with Gasteiger partial charge in [0.1, 0.15) is 17.3 Å². The Morgan fingerprint density at radius 2 is 1.73 bits per heavy atom. The summed E-state index contributed by atoms with van der Waals surface area (Å²) in [4.78, 5) is 27.4. The monoisotopic (exact) mass is 416 g/mol. The number of ketones is 2. The highest BCUT2D eigenvalue weighted by molar-refractivity contribution is 6.05. The number of carbonyl (C=O) groups is 2. The van der Waals surface area contributed by atoms with E-state index in [4.69, 9.17) is 14.2 Å². The third-order valence-electron chi connectivity index (χ3n) is 9.74. The van der Waals surface area contributed by atoms with Gasteiger partial charge in [0.25, 0.3) is 0 Å². The van der Waals surface area contributed by atoms with Crippen LogP contribution in [0.3, 0.4) is 0 Å². The molecule has 6 nitrogen and oxygen atoms in total. The summed E-state index contributed by atoms with van der Waals surface area (Å²) in [5.74, 6) is -3.19. The fraction of sp³-hybridized carbons (Fsp3) is 0.833. The highest BCUT2D eigenvalue weighted by Crippen LogP contribution is 2.77. The second-order valence-electron chi connectivity index (χ2n) is 11.9. The lowest BCUT2D eigenvalue weighted by Gasteiger charge is -2.62. The Balaban J connectivity index is 1.67. The van der Waals surface area contributed by atoms with Crippen LogP contribution in [0.1, 0.15) is 60.3 Å². The highest BCUT2D eigenvalue weighted by atomic mass is 16.8. The lowest BCUT2D eigenvalue weighted by atomic mass is 9.51. The van der Waals surface area contributed by atoms with Crippen molar-refractivity contribution in [1.82, 2.24) is 0 Å². The lowest BCUT2D eigenvalue weighted by Crippen LogP contribution is -2.75. The first-order chi connectivity index (χ1) is 13.8. The normalized spacial score (nSPS) is 57.2. The van der Waals surface area contributed by atoms with Crippen molar-refractivity contribution < 1.29 is 28.9 Å². The number of aliphatic hydroxyl groups excluding tert-OH is 1. The zero-order valence-electron chi connectivity index (χ0n) is 18.5. The number of rotatable bonds is 0. The van der Waals surface area contributed by atoms with E-state index in [0.717, 1.165) is 12.8 Å². The molecular weight excluding hydrogens is 384 g/mol. The second kappa shape index (κ2) is 5.11. The van der Waals surface area contributed by atoms with Gasteiger partial charge in [0.05, 0.1) is 17.6 Å². The maximum Gasteiger partial charge on any atom is 0.214 e. The quantitative estimate of drug-likeness (QED) is 0.612. The maximum absolute atomic E-state index is 13.9. The number of ether oxygens (including phenoxy) is 3. The molecule has 3 aliphatic heterocycles. The van der Waals surface area contributed by atoms with E-state index in [0.29, 0.717) is 18.4 Å². The minimum atomic E-state index is -1.51. The third kappa shape index (κ3) is 1.71. The van der Waals surface area contributed by atoms with Crippen LogP contribution in [-0.4, -0.2) is 46.6 Å². The standard InChI is InChI=1S/C24H32O6/c1-11-12-7-8-13-19-22(6)14(25)9-10-20(2,3)15(22)17(27)24(29-19)23(13,16(11)26)18(12)28-21(4,5)30-24/h12-13,15,17-19,27H,1,7-10H2,2-6H3/t12-,13-,15+,17-,18+,19?,22+,23-,24?/m0/s1. The summed E-state index contributed by atoms with van der Waals surface area (Å²) in [5.41, 5.74) is -1.73. The number of hydrogen-bond acceptors (Lipinski definition) is 6. The molecule has 2 spiro atoms. The van der Waals surface area contributed by atoms with Gasteiger partial charge in [0.2, 0.25) is 5.79 Å². The molecule has 164 valence electrons. The average molecular weight is 417 g/mol. The number of hydrogen-bond donors (Lipinski definition) is 1. The summed E-state index contributed by atoms with van der Waals surface area (Å²) in [6, 6.07) is 0. The minimum Gasteiger partial charge on any atom is -0.387 e. The van der Waals surface area contributed by atoms with Crippen molar-refractivity contribution in [2.24, 2.45) is 34.0 Å². The van der Waals surface area contributed by atoms with E-state index in [-0.39, 0.29) is 34.7 Å². The zero-order valence-corrected chi connectivity index (χ0v) is 18.5. The summed E-state index contributed by atoms with van der Waals surface area (Å²) < 4.78 is 19.6. The Morgan fingerprint density at radius 1 is 1.03 bits per heavy atom. The summed E-state index contributed by atoms with van der Waals surface area (Å²) in [7, 11) is 0. The first kappa shape index (κ1) is 19.6. The second-order valence-corrected chi connectivity index (χ2v) is 11.9. The molecule has 6 rings (SSSR count). The van der Waals surface area contributed by atoms with Crippen LogP contribution in [0.15, 0.2) is 12.2 Å². The van der Waals surface area contributed by atoms with Crippen LogP contribution in [0.5, 0.6) is 0 Å². The number of Topliss-reactive ketones (excluding diaryl/α,β-unsaturated/α-hetero) is 2. The SMILES string of the molecule is C=C1C(=O)[C@@]23[C@@H]4OC(C)(C)OC25OC([C@@H]3CC[C@@H]14)[C@]1(C)C(=O)CCC(C)(C)[C@H]1[C@@H]5O. The van der Waals surface area contributed by atoms with Crippen molar-refractivity contribution in [1.29, 1.82) is 0 Å². The first-order valence-corrected chi connectivity index (χ1v) is 11.4. The molecule has 0 aromatic rings. The third-order valence-corrected chi connectivity index (χ3v) is 9.74. The summed E-state index contributed by atoms with van der Waals surface area (Å²) in [6.07, 6.45) is 0.666. The first-order valence-electron chi connectivity index (χ1n) is 11.4. The van der Waals surface area contributed by atoms with Crippen molar-refractivity contribution in [3.63, 3.8) is 0 Å². The van der Waals surface area contributed by atoms with E-state index in [1.165, 1.54) is 0 Å². The van der Waals surface area contributed by atoms with Crippen molar-refractivity contribution in [2.75, 3.05) is 0 Å². The largest absolute Gasteiger partial charge is 0.387 e. The molecule has 3 heterocycles. The van der Waals surface area contributed by atoms with Crippen LogP contribution < -0.4 is 0 Å². The predicted molar refractivity (Wildman–Crippen MR) is 106 cm³/mol. The van der Waals surface area contributed by atoms with Crippen LogP contribution in [0.25, 0.3) is 0 Å². The predicted octanol–water partition coefficient (Wildman–Crippen LogP) is 2.77. The van der Waals surface area contributed by atoms with Gasteiger partial charge >= 0.3 is 0 Å². The van der Waals surface area contributed by atoms with Crippen LogP contribution in [0.4, 0.5) is 0 Å². The minimum absolute atomic E-state index is 0.0930. The summed E-state index contributed by atoms with van der Waals surface area (Å²) in [5, 5.41) is 12.1. The topological polar surface area (TPSA) is 82.1 Å². The van der Waals surface area contributed by atoms with Crippen molar-refractivity contribution >= 4 is 11.6 Å². The molecule has 2 unspecified atom stereocenters. The van der Waals surface area contributed by atoms with E-state index in [2.05, 4.69) is 20.4 Å². The molecule has 6 aliphatic rings. The van der Waals surface area contributed by atoms with Gasteiger partial charge in [-0.15, -0.1) is 0 Å². The van der Waals surface area contributed by atoms with Gasteiger partial charge < -0.3 is 19.3 Å². The molecule has 3 saturated heterocycles. The zero-order chi connectivity index (χ0) is 21.6. The number of carbonyl (C=O) groups excluding carboxylic acids is 2. The van der Waals surface area contributed by atoms with Gasteiger partial charge in [-0.1, -0.05) is 20.4 Å². The van der Waals surface area contributed by atoms with Crippen LogP contribution in [0, 0.1) is 34.0 Å². The molecule has 0 aromatic heterocycles. The van der Waals surface area contributed by atoms with Crippen molar-refractivity contribution in [2.45, 2.75) is 90.2 Å². The molecule has 0 radical (unpaired) electrons. The van der Waals surface area contributed by atoms with Gasteiger partial charge in [0.15, 0.2) is 11.6 Å². The average Bonchev–Trinajstić information content (AvgIpc) is 2.99. The Bertz CT molecular complexity index is 905. The van der Waals surface area contributed by atoms with Crippen molar-refractivity contribution in [3.05, 3.63) is 12.2 Å². The summed E-state index contributed by atoms with van der Waals surface area (Å²) >= 11 is 0. The van der Waals surface area contributed by atoms with Gasteiger partial charge in [-0.2, -0.15) is 0 Å². The number of fused-ring (bicyclic) bond motifs is 4. The Morgan fingerprint density at radius 3 is 2.43 bits per heavy atom. The Labute approximate surface area is 177 Å². The lowest BCUT2D eigenvalue weighted by molar-refractivity contribution is -0.465. The molecule has 3 aliphatic carbocycles. The highest BCUT2D eigenvalue weighted by Gasteiger charge is 2.89. The smallest absolute Gasteiger partial charge is 0.214 e. The van der Waals surface area contributed by atoms with E-state index in [9.17, 15) is 14.7 Å². The molecule has 6 fully saturated rings. The van der Waals surface area contributed by atoms with Crippen LogP contribution >= 0.6 is 0 Å². The molecule has 0 amide bonds.